The fourth-order valence-corrected chi connectivity index (χ4v) is 2.89. The SMILES string of the molecule is COc1ccc2c(NC[C@@H](O)CN)cc(-c3ccc(Cl)c(Cl)c3)nc2c1.Cl. The van der Waals surface area contributed by atoms with Gasteiger partial charge in [0.05, 0.1) is 34.5 Å². The van der Waals surface area contributed by atoms with E-state index in [1.165, 1.54) is 0 Å². The second kappa shape index (κ2) is 9.44. The van der Waals surface area contributed by atoms with Crippen molar-refractivity contribution < 1.29 is 9.84 Å². The highest BCUT2D eigenvalue weighted by atomic mass is 35.5. The molecule has 144 valence electrons. The molecule has 0 amide bonds. The Labute approximate surface area is 173 Å². The van der Waals surface area contributed by atoms with Gasteiger partial charge in [0.15, 0.2) is 0 Å². The average molecular weight is 429 g/mol. The summed E-state index contributed by atoms with van der Waals surface area (Å²) in [4.78, 5) is 4.72. The Hall–Kier alpha value is -1.76. The largest absolute Gasteiger partial charge is 0.497 e. The number of nitrogens with one attached hydrogen (secondary N) is 1. The minimum absolute atomic E-state index is 0. The van der Waals surface area contributed by atoms with Crippen molar-refractivity contribution in [3.63, 3.8) is 0 Å². The van der Waals surface area contributed by atoms with Crippen molar-refractivity contribution in [1.82, 2.24) is 4.98 Å². The van der Waals surface area contributed by atoms with Gasteiger partial charge in [-0.05, 0) is 30.3 Å². The summed E-state index contributed by atoms with van der Waals surface area (Å²) in [5.74, 6) is 0.712. The monoisotopic (exact) mass is 427 g/mol. The quantitative estimate of drug-likeness (QED) is 0.543. The van der Waals surface area contributed by atoms with Gasteiger partial charge in [0.1, 0.15) is 5.75 Å². The normalized spacial score (nSPS) is 11.7. The molecule has 1 heterocycles. The van der Waals surface area contributed by atoms with E-state index in [9.17, 15) is 5.11 Å². The third-order valence-electron chi connectivity index (χ3n) is 4.03. The van der Waals surface area contributed by atoms with Crippen LogP contribution in [0.25, 0.3) is 22.2 Å². The number of aromatic nitrogens is 1. The minimum atomic E-state index is -0.634. The first-order chi connectivity index (χ1) is 12.5. The molecule has 0 bridgehead atoms. The lowest BCUT2D eigenvalue weighted by Gasteiger charge is -2.15. The van der Waals surface area contributed by atoms with Gasteiger partial charge in [0.2, 0.25) is 0 Å². The molecule has 27 heavy (non-hydrogen) atoms. The predicted octanol–water partition coefficient (Wildman–Crippen LogP) is 4.37. The number of ether oxygens (including phenoxy) is 1. The number of fused-ring (bicyclic) bond motifs is 1. The maximum absolute atomic E-state index is 9.77. The zero-order valence-corrected chi connectivity index (χ0v) is 16.9. The molecule has 0 radical (unpaired) electrons. The zero-order chi connectivity index (χ0) is 18.7. The highest BCUT2D eigenvalue weighted by Crippen LogP contribution is 2.33. The van der Waals surface area contributed by atoms with Crippen LogP contribution in [0.3, 0.4) is 0 Å². The summed E-state index contributed by atoms with van der Waals surface area (Å²) >= 11 is 12.2. The molecule has 0 aliphatic carbocycles. The van der Waals surface area contributed by atoms with Crippen LogP contribution >= 0.6 is 35.6 Å². The molecule has 0 saturated carbocycles. The Morgan fingerprint density at radius 1 is 1.15 bits per heavy atom. The number of nitrogens with zero attached hydrogens (tertiary/aromatic N) is 1. The van der Waals surface area contributed by atoms with Crippen LogP contribution in [0.2, 0.25) is 10.0 Å². The summed E-state index contributed by atoms with van der Waals surface area (Å²) in [6.45, 7) is 0.520. The fourth-order valence-electron chi connectivity index (χ4n) is 2.60. The summed E-state index contributed by atoms with van der Waals surface area (Å²) in [6, 6.07) is 12.9. The molecule has 0 fully saturated rings. The van der Waals surface area contributed by atoms with Crippen LogP contribution in [0.15, 0.2) is 42.5 Å². The molecule has 2 aromatic carbocycles. The van der Waals surface area contributed by atoms with E-state index in [0.717, 1.165) is 27.8 Å². The number of hydrogen-bond donors (Lipinski definition) is 3. The first kappa shape index (κ1) is 21.5. The number of pyridine rings is 1. The second-order valence-corrected chi connectivity index (χ2v) is 6.65. The van der Waals surface area contributed by atoms with Crippen molar-refractivity contribution >= 4 is 52.2 Å². The summed E-state index contributed by atoms with van der Waals surface area (Å²) < 4.78 is 5.30. The third kappa shape index (κ3) is 4.94. The average Bonchev–Trinajstić information content (AvgIpc) is 2.67. The minimum Gasteiger partial charge on any atom is -0.497 e. The van der Waals surface area contributed by atoms with Gasteiger partial charge in [0, 0.05) is 35.8 Å². The van der Waals surface area contributed by atoms with Crippen LogP contribution in [-0.2, 0) is 0 Å². The number of benzene rings is 2. The van der Waals surface area contributed by atoms with Gasteiger partial charge in [-0.3, -0.25) is 0 Å². The van der Waals surface area contributed by atoms with Crippen molar-refractivity contribution in [2.75, 3.05) is 25.5 Å². The van der Waals surface area contributed by atoms with Crippen molar-refractivity contribution in [3.8, 4) is 17.0 Å². The van der Waals surface area contributed by atoms with Gasteiger partial charge >= 0.3 is 0 Å². The van der Waals surface area contributed by atoms with Crippen LogP contribution in [0, 0.1) is 0 Å². The highest BCUT2D eigenvalue weighted by molar-refractivity contribution is 6.42. The van der Waals surface area contributed by atoms with E-state index < -0.39 is 6.10 Å². The third-order valence-corrected chi connectivity index (χ3v) is 4.77. The Kier molecular flexibility index (Phi) is 7.53. The van der Waals surface area contributed by atoms with Crippen molar-refractivity contribution in [1.29, 1.82) is 0 Å². The maximum Gasteiger partial charge on any atom is 0.121 e. The van der Waals surface area contributed by atoms with E-state index in [2.05, 4.69) is 5.32 Å². The molecule has 0 aliphatic rings. The molecule has 1 atom stereocenters. The maximum atomic E-state index is 9.77. The summed E-state index contributed by atoms with van der Waals surface area (Å²) in [5, 5.41) is 14.9. The molecule has 0 spiro atoms. The van der Waals surface area contributed by atoms with E-state index in [0.29, 0.717) is 22.3 Å². The molecular formula is C19H20Cl3N3O2. The van der Waals surface area contributed by atoms with E-state index in [4.69, 9.17) is 38.7 Å². The predicted molar refractivity (Wildman–Crippen MR) is 115 cm³/mol. The second-order valence-electron chi connectivity index (χ2n) is 5.84. The van der Waals surface area contributed by atoms with E-state index >= 15 is 0 Å². The van der Waals surface area contributed by atoms with E-state index in [1.807, 2.05) is 30.3 Å². The highest BCUT2D eigenvalue weighted by Gasteiger charge is 2.11. The van der Waals surface area contributed by atoms with Crippen LogP contribution in [-0.4, -0.2) is 36.4 Å². The van der Waals surface area contributed by atoms with Gasteiger partial charge < -0.3 is 20.9 Å². The molecule has 0 aliphatic heterocycles. The Morgan fingerprint density at radius 3 is 2.59 bits per heavy atom. The Morgan fingerprint density at radius 2 is 1.93 bits per heavy atom. The molecule has 0 unspecified atom stereocenters. The van der Waals surface area contributed by atoms with Gasteiger partial charge in [-0.2, -0.15) is 0 Å². The number of anilines is 1. The smallest absolute Gasteiger partial charge is 0.121 e. The van der Waals surface area contributed by atoms with Gasteiger partial charge in [0.25, 0.3) is 0 Å². The number of halogens is 3. The first-order valence-electron chi connectivity index (χ1n) is 8.08. The number of methoxy groups -OCH3 is 1. The number of aliphatic hydroxyl groups excluding tert-OH is 1. The van der Waals surface area contributed by atoms with Crippen LogP contribution in [0.1, 0.15) is 0 Å². The summed E-state index contributed by atoms with van der Waals surface area (Å²) in [6.07, 6.45) is -0.634. The number of aliphatic hydroxyl groups is 1. The summed E-state index contributed by atoms with van der Waals surface area (Å²) in [5.41, 5.74) is 8.66. The first-order valence-corrected chi connectivity index (χ1v) is 8.83. The molecule has 8 heteroatoms. The van der Waals surface area contributed by atoms with E-state index in [1.54, 1.807) is 19.2 Å². The number of hydrogen-bond acceptors (Lipinski definition) is 5. The van der Waals surface area contributed by atoms with Crippen LogP contribution < -0.4 is 15.8 Å². The van der Waals surface area contributed by atoms with Crippen molar-refractivity contribution in [3.05, 3.63) is 52.5 Å². The van der Waals surface area contributed by atoms with Crippen molar-refractivity contribution in [2.45, 2.75) is 6.10 Å². The Balaban J connectivity index is 0.00000261. The molecule has 3 aromatic rings. The Bertz CT molecular complexity index is 937. The molecule has 5 nitrogen and oxygen atoms in total. The standard InChI is InChI=1S/C19H19Cl2N3O2.ClH/c1-26-13-3-4-14-18(23-10-12(25)9-22)8-17(24-19(14)7-13)11-2-5-15(20)16(21)6-11;/h2-8,12,25H,9-10,22H2,1H3,(H,23,24);1H/t12-;/m0./s1. The molecule has 1 aromatic heterocycles. The molecule has 4 N–H and O–H groups in total. The molecule has 0 saturated heterocycles. The van der Waals surface area contributed by atoms with Crippen molar-refractivity contribution in [2.24, 2.45) is 5.73 Å². The lowest BCUT2D eigenvalue weighted by Crippen LogP contribution is -2.27. The lowest BCUT2D eigenvalue weighted by atomic mass is 10.1. The zero-order valence-electron chi connectivity index (χ0n) is 14.6. The lowest BCUT2D eigenvalue weighted by molar-refractivity contribution is 0.196. The number of nitrogens with two attached hydrogens (primary N) is 1. The topological polar surface area (TPSA) is 80.4 Å². The number of rotatable bonds is 6. The van der Waals surface area contributed by atoms with Crippen LogP contribution in [0.4, 0.5) is 5.69 Å². The van der Waals surface area contributed by atoms with Gasteiger partial charge in [-0.25, -0.2) is 4.98 Å². The fraction of sp³-hybridized carbons (Fsp3) is 0.211. The van der Waals surface area contributed by atoms with E-state index in [-0.39, 0.29) is 19.0 Å². The van der Waals surface area contributed by atoms with Crippen LogP contribution in [0.5, 0.6) is 5.75 Å². The molecule has 3 rings (SSSR count). The summed E-state index contributed by atoms with van der Waals surface area (Å²) in [7, 11) is 1.61. The van der Waals surface area contributed by atoms with Gasteiger partial charge in [-0.1, -0.05) is 29.3 Å². The van der Waals surface area contributed by atoms with Gasteiger partial charge in [-0.15, -0.1) is 12.4 Å². The molecular weight excluding hydrogens is 409 g/mol.